The molecule has 0 saturated carbocycles. The van der Waals surface area contributed by atoms with Crippen LogP contribution >= 0.6 is 0 Å². The molecule has 0 spiro atoms. The van der Waals surface area contributed by atoms with E-state index in [9.17, 15) is 14.4 Å². The highest BCUT2D eigenvalue weighted by atomic mass is 16.4. The van der Waals surface area contributed by atoms with Gasteiger partial charge in [0.2, 0.25) is 11.8 Å². The second-order valence-corrected chi connectivity index (χ2v) is 8.37. The first-order valence-corrected chi connectivity index (χ1v) is 11.4. The lowest BCUT2D eigenvalue weighted by Crippen LogP contribution is -2.29. The minimum atomic E-state index is -0.355. The summed E-state index contributed by atoms with van der Waals surface area (Å²) >= 11 is 0. The molecule has 2 aromatic heterocycles. The van der Waals surface area contributed by atoms with E-state index in [4.69, 9.17) is 4.42 Å². The SMILES string of the molecule is Cc1oc(-c2cccc(NC(=O)c3ccccn3)c2)nc1CNC(=O)C[C@@H]1NC(=O)c2ccccc21. The van der Waals surface area contributed by atoms with Gasteiger partial charge >= 0.3 is 0 Å². The predicted molar refractivity (Wildman–Crippen MR) is 132 cm³/mol. The Morgan fingerprint density at radius 2 is 1.89 bits per heavy atom. The van der Waals surface area contributed by atoms with Crippen LogP contribution in [0.1, 0.15) is 50.3 Å². The number of amides is 3. The molecule has 4 aromatic rings. The Morgan fingerprint density at radius 1 is 1.06 bits per heavy atom. The maximum atomic E-state index is 12.6. The number of anilines is 1. The first-order valence-electron chi connectivity index (χ1n) is 11.4. The van der Waals surface area contributed by atoms with Crippen LogP contribution in [0, 0.1) is 6.92 Å². The molecule has 0 saturated heterocycles. The lowest BCUT2D eigenvalue weighted by atomic mass is 10.0. The Bertz CT molecular complexity index is 1450. The zero-order chi connectivity index (χ0) is 25.1. The lowest BCUT2D eigenvalue weighted by Gasteiger charge is -2.11. The average Bonchev–Trinajstić information content (AvgIpc) is 3.42. The van der Waals surface area contributed by atoms with Gasteiger partial charge in [-0.2, -0.15) is 0 Å². The lowest BCUT2D eigenvalue weighted by molar-refractivity contribution is -0.121. The monoisotopic (exact) mass is 481 g/mol. The van der Waals surface area contributed by atoms with E-state index in [1.165, 1.54) is 0 Å². The van der Waals surface area contributed by atoms with Crippen molar-refractivity contribution < 1.29 is 18.8 Å². The van der Waals surface area contributed by atoms with Crippen molar-refractivity contribution >= 4 is 23.4 Å². The molecule has 1 atom stereocenters. The fourth-order valence-electron chi connectivity index (χ4n) is 4.06. The Balaban J connectivity index is 1.22. The molecule has 3 amide bonds. The summed E-state index contributed by atoms with van der Waals surface area (Å²) in [5, 5.41) is 8.52. The zero-order valence-electron chi connectivity index (χ0n) is 19.4. The molecule has 2 aromatic carbocycles. The van der Waals surface area contributed by atoms with Crippen molar-refractivity contribution in [2.24, 2.45) is 0 Å². The number of fused-ring (bicyclic) bond motifs is 1. The highest BCUT2D eigenvalue weighted by molar-refractivity contribution is 6.03. The largest absolute Gasteiger partial charge is 0.441 e. The molecule has 1 aliphatic heterocycles. The molecule has 36 heavy (non-hydrogen) atoms. The van der Waals surface area contributed by atoms with Gasteiger partial charge in [-0.1, -0.05) is 30.3 Å². The summed E-state index contributed by atoms with van der Waals surface area (Å²) < 4.78 is 5.83. The van der Waals surface area contributed by atoms with Crippen molar-refractivity contribution in [2.75, 3.05) is 5.32 Å². The zero-order valence-corrected chi connectivity index (χ0v) is 19.4. The van der Waals surface area contributed by atoms with E-state index in [1.807, 2.05) is 18.2 Å². The number of nitrogens with zero attached hydrogens (tertiary/aromatic N) is 2. The number of hydrogen-bond donors (Lipinski definition) is 3. The van der Waals surface area contributed by atoms with E-state index in [-0.39, 0.29) is 36.7 Å². The van der Waals surface area contributed by atoms with Crippen molar-refractivity contribution in [1.29, 1.82) is 0 Å². The minimum absolute atomic E-state index is 0.129. The van der Waals surface area contributed by atoms with E-state index in [2.05, 4.69) is 25.9 Å². The van der Waals surface area contributed by atoms with Crippen LogP contribution in [0.4, 0.5) is 5.69 Å². The van der Waals surface area contributed by atoms with Crippen LogP contribution in [-0.4, -0.2) is 27.7 Å². The van der Waals surface area contributed by atoms with Gasteiger partial charge in [-0.3, -0.25) is 19.4 Å². The highest BCUT2D eigenvalue weighted by Crippen LogP contribution is 2.28. The van der Waals surface area contributed by atoms with E-state index in [0.29, 0.717) is 39.9 Å². The molecule has 0 fully saturated rings. The van der Waals surface area contributed by atoms with Crippen LogP contribution in [0.15, 0.2) is 77.3 Å². The summed E-state index contributed by atoms with van der Waals surface area (Å²) in [6.45, 7) is 1.96. The predicted octanol–water partition coefficient (Wildman–Crippen LogP) is 3.79. The number of nitrogens with one attached hydrogen (secondary N) is 3. The summed E-state index contributed by atoms with van der Waals surface area (Å²) in [5.74, 6) is 0.259. The normalized spacial score (nSPS) is 14.1. The van der Waals surface area contributed by atoms with E-state index in [1.54, 1.807) is 61.7 Å². The van der Waals surface area contributed by atoms with E-state index in [0.717, 1.165) is 5.56 Å². The van der Waals surface area contributed by atoms with Gasteiger partial charge in [-0.25, -0.2) is 4.98 Å². The van der Waals surface area contributed by atoms with Crippen molar-refractivity contribution in [1.82, 2.24) is 20.6 Å². The number of benzene rings is 2. The number of oxazole rings is 1. The third-order valence-corrected chi connectivity index (χ3v) is 5.89. The van der Waals surface area contributed by atoms with Gasteiger partial charge in [0.1, 0.15) is 17.1 Å². The molecule has 0 radical (unpaired) electrons. The quantitative estimate of drug-likeness (QED) is 0.369. The van der Waals surface area contributed by atoms with Crippen LogP contribution in [0.2, 0.25) is 0 Å². The second-order valence-electron chi connectivity index (χ2n) is 8.37. The molecule has 0 aliphatic carbocycles. The molecule has 0 unspecified atom stereocenters. The molecule has 3 N–H and O–H groups in total. The number of aromatic nitrogens is 2. The van der Waals surface area contributed by atoms with Gasteiger partial charge in [-0.05, 0) is 48.9 Å². The van der Waals surface area contributed by atoms with Crippen LogP contribution in [-0.2, 0) is 11.3 Å². The van der Waals surface area contributed by atoms with E-state index >= 15 is 0 Å². The van der Waals surface area contributed by atoms with Crippen molar-refractivity contribution in [3.63, 3.8) is 0 Å². The fraction of sp³-hybridized carbons (Fsp3) is 0.148. The molecule has 9 nitrogen and oxygen atoms in total. The van der Waals surface area contributed by atoms with Gasteiger partial charge in [0.15, 0.2) is 0 Å². The number of pyridine rings is 1. The average molecular weight is 482 g/mol. The van der Waals surface area contributed by atoms with Crippen LogP contribution in [0.3, 0.4) is 0 Å². The maximum Gasteiger partial charge on any atom is 0.274 e. The third-order valence-electron chi connectivity index (χ3n) is 5.89. The van der Waals surface area contributed by atoms with Gasteiger partial charge in [0.25, 0.3) is 11.8 Å². The number of aryl methyl sites for hydroxylation is 1. The molecule has 0 bridgehead atoms. The first kappa shape index (κ1) is 23.0. The smallest absolute Gasteiger partial charge is 0.274 e. The minimum Gasteiger partial charge on any atom is -0.441 e. The Morgan fingerprint density at radius 3 is 2.72 bits per heavy atom. The second kappa shape index (κ2) is 9.83. The van der Waals surface area contributed by atoms with Crippen molar-refractivity contribution in [3.8, 4) is 11.5 Å². The summed E-state index contributed by atoms with van der Waals surface area (Å²) in [6, 6.07) is 19.2. The van der Waals surface area contributed by atoms with Crippen LogP contribution < -0.4 is 16.0 Å². The molecule has 5 rings (SSSR count). The first-order chi connectivity index (χ1) is 17.5. The summed E-state index contributed by atoms with van der Waals surface area (Å²) in [4.78, 5) is 45.6. The van der Waals surface area contributed by atoms with Gasteiger partial charge < -0.3 is 20.4 Å². The van der Waals surface area contributed by atoms with E-state index < -0.39 is 0 Å². The van der Waals surface area contributed by atoms with Crippen molar-refractivity contribution in [3.05, 3.63) is 101 Å². The molecule has 180 valence electrons. The van der Waals surface area contributed by atoms with Crippen molar-refractivity contribution in [2.45, 2.75) is 25.9 Å². The van der Waals surface area contributed by atoms with Crippen LogP contribution in [0.25, 0.3) is 11.5 Å². The summed E-state index contributed by atoms with van der Waals surface area (Å²) in [7, 11) is 0. The molecular weight excluding hydrogens is 458 g/mol. The van der Waals surface area contributed by atoms with Gasteiger partial charge in [-0.15, -0.1) is 0 Å². The standard InChI is InChI=1S/C27H23N5O4/c1-16-23(15-29-24(33)14-22-19-9-2-3-10-20(19)25(34)31-22)32-27(36-16)17-7-6-8-18(13-17)30-26(35)21-11-4-5-12-28-21/h2-13,22H,14-15H2,1H3,(H,29,33)(H,30,35)(H,31,34)/t22-/m0/s1. The molecule has 1 aliphatic rings. The number of rotatable bonds is 7. The number of carbonyl (C=O) groups excluding carboxylic acids is 3. The van der Waals surface area contributed by atoms with Crippen LogP contribution in [0.5, 0.6) is 0 Å². The highest BCUT2D eigenvalue weighted by Gasteiger charge is 2.29. The third kappa shape index (κ3) is 4.85. The van der Waals surface area contributed by atoms with Gasteiger partial charge in [0, 0.05) is 23.0 Å². The molecule has 3 heterocycles. The Kier molecular flexibility index (Phi) is 6.27. The Hall–Kier alpha value is -4.79. The maximum absolute atomic E-state index is 12.6. The Labute approximate surface area is 207 Å². The fourth-order valence-corrected chi connectivity index (χ4v) is 4.06. The number of hydrogen-bond acceptors (Lipinski definition) is 6. The summed E-state index contributed by atoms with van der Waals surface area (Å²) in [6.07, 6.45) is 1.69. The molecule has 9 heteroatoms. The van der Waals surface area contributed by atoms with Gasteiger partial charge in [0.05, 0.1) is 19.0 Å². The topological polar surface area (TPSA) is 126 Å². The molecular formula is C27H23N5O4. The summed E-state index contributed by atoms with van der Waals surface area (Å²) in [5.41, 5.74) is 3.59. The number of carbonyl (C=O) groups is 3.